The van der Waals surface area contributed by atoms with Crippen LogP contribution >= 0.6 is 0 Å². The number of phenolic OH excluding ortho intramolecular Hbond substituents is 1. The summed E-state index contributed by atoms with van der Waals surface area (Å²) in [6.45, 7) is 0.494. The fourth-order valence-electron chi connectivity index (χ4n) is 3.21. The molecule has 3 rings (SSSR count). The lowest BCUT2D eigenvalue weighted by Gasteiger charge is -2.20. The van der Waals surface area contributed by atoms with Gasteiger partial charge in [0, 0.05) is 17.7 Å². The van der Waals surface area contributed by atoms with Crippen LogP contribution < -0.4 is 10.5 Å². The summed E-state index contributed by atoms with van der Waals surface area (Å²) in [5.41, 5.74) is 8.25. The van der Waals surface area contributed by atoms with Crippen molar-refractivity contribution in [3.8, 4) is 11.5 Å². The van der Waals surface area contributed by atoms with Crippen molar-refractivity contribution in [1.29, 1.82) is 0 Å². The van der Waals surface area contributed by atoms with Gasteiger partial charge in [0.25, 0.3) is 0 Å². The highest BCUT2D eigenvalue weighted by molar-refractivity contribution is 5.41. The van der Waals surface area contributed by atoms with E-state index in [1.807, 2.05) is 42.5 Å². The molecule has 116 valence electrons. The Labute approximate surface area is 131 Å². The van der Waals surface area contributed by atoms with Crippen LogP contribution in [0.3, 0.4) is 0 Å². The highest BCUT2D eigenvalue weighted by atomic mass is 16.5. The third kappa shape index (κ3) is 3.42. The van der Waals surface area contributed by atoms with E-state index in [0.29, 0.717) is 18.3 Å². The lowest BCUT2D eigenvalue weighted by molar-refractivity contribution is 0.303. The van der Waals surface area contributed by atoms with Crippen molar-refractivity contribution in [3.05, 3.63) is 59.7 Å². The smallest absolute Gasteiger partial charge is 0.124 e. The quantitative estimate of drug-likeness (QED) is 0.871. The molecule has 0 spiro atoms. The Kier molecular flexibility index (Phi) is 4.64. The number of hydrogen-bond donors (Lipinski definition) is 2. The van der Waals surface area contributed by atoms with Gasteiger partial charge in [-0.25, -0.2) is 0 Å². The lowest BCUT2D eigenvalue weighted by Crippen LogP contribution is -2.19. The van der Waals surface area contributed by atoms with Gasteiger partial charge < -0.3 is 15.6 Å². The summed E-state index contributed by atoms with van der Waals surface area (Å²) in [6.07, 6.45) is 4.81. The molecular formula is C19H23NO2. The van der Waals surface area contributed by atoms with Gasteiger partial charge >= 0.3 is 0 Å². The third-order valence-corrected chi connectivity index (χ3v) is 4.52. The SMILES string of the molecule is N[C@@H](c1ccc(OCc2ccccc2)cc1O)C1CCCC1. The van der Waals surface area contributed by atoms with Gasteiger partial charge in [-0.3, -0.25) is 0 Å². The summed E-state index contributed by atoms with van der Waals surface area (Å²) >= 11 is 0. The lowest BCUT2D eigenvalue weighted by atomic mass is 9.92. The van der Waals surface area contributed by atoms with Crippen molar-refractivity contribution in [1.82, 2.24) is 0 Å². The van der Waals surface area contributed by atoms with Gasteiger partial charge in [0.1, 0.15) is 18.1 Å². The largest absolute Gasteiger partial charge is 0.507 e. The number of hydrogen-bond acceptors (Lipinski definition) is 3. The molecule has 1 aliphatic rings. The molecule has 2 aromatic rings. The number of ether oxygens (including phenoxy) is 1. The van der Waals surface area contributed by atoms with Crippen molar-refractivity contribution in [2.24, 2.45) is 11.7 Å². The van der Waals surface area contributed by atoms with Crippen molar-refractivity contribution >= 4 is 0 Å². The Bertz CT molecular complexity index is 606. The van der Waals surface area contributed by atoms with Gasteiger partial charge in [0.2, 0.25) is 0 Å². The zero-order chi connectivity index (χ0) is 15.4. The number of phenols is 1. The molecule has 0 aliphatic heterocycles. The van der Waals surface area contributed by atoms with E-state index in [4.69, 9.17) is 10.5 Å². The summed E-state index contributed by atoms with van der Waals surface area (Å²) in [5.74, 6) is 1.40. The Morgan fingerprint density at radius 2 is 1.82 bits per heavy atom. The zero-order valence-electron chi connectivity index (χ0n) is 12.7. The molecule has 0 aromatic heterocycles. The summed E-state index contributed by atoms with van der Waals surface area (Å²) in [7, 11) is 0. The molecule has 22 heavy (non-hydrogen) atoms. The summed E-state index contributed by atoms with van der Waals surface area (Å²) < 4.78 is 5.73. The zero-order valence-corrected chi connectivity index (χ0v) is 12.7. The van der Waals surface area contributed by atoms with Gasteiger partial charge in [-0.1, -0.05) is 49.2 Å². The minimum absolute atomic E-state index is 0.0781. The van der Waals surface area contributed by atoms with Crippen LogP contribution in [-0.4, -0.2) is 5.11 Å². The Morgan fingerprint density at radius 3 is 2.50 bits per heavy atom. The first-order valence-corrected chi connectivity index (χ1v) is 7.99. The average molecular weight is 297 g/mol. The molecule has 1 aliphatic carbocycles. The molecule has 0 amide bonds. The Hall–Kier alpha value is -2.00. The Morgan fingerprint density at radius 1 is 1.09 bits per heavy atom. The number of benzene rings is 2. The Balaban J connectivity index is 1.66. The van der Waals surface area contributed by atoms with E-state index < -0.39 is 0 Å². The first-order valence-electron chi connectivity index (χ1n) is 7.99. The van der Waals surface area contributed by atoms with Crippen LogP contribution in [-0.2, 0) is 6.61 Å². The highest BCUT2D eigenvalue weighted by Gasteiger charge is 2.25. The van der Waals surface area contributed by atoms with Crippen LogP contribution in [0.25, 0.3) is 0 Å². The summed E-state index contributed by atoms with van der Waals surface area (Å²) in [4.78, 5) is 0. The van der Waals surface area contributed by atoms with Gasteiger partial charge in [-0.15, -0.1) is 0 Å². The second-order valence-corrected chi connectivity index (χ2v) is 6.07. The van der Waals surface area contributed by atoms with Crippen LogP contribution in [0.15, 0.2) is 48.5 Å². The predicted molar refractivity (Wildman–Crippen MR) is 87.8 cm³/mol. The molecule has 1 fully saturated rings. The van der Waals surface area contributed by atoms with Crippen molar-refractivity contribution in [3.63, 3.8) is 0 Å². The van der Waals surface area contributed by atoms with Crippen LogP contribution in [0, 0.1) is 5.92 Å². The number of aromatic hydroxyl groups is 1. The molecule has 0 unspecified atom stereocenters. The number of nitrogens with two attached hydrogens (primary N) is 1. The van der Waals surface area contributed by atoms with Gasteiger partial charge in [-0.05, 0) is 30.4 Å². The molecule has 3 nitrogen and oxygen atoms in total. The van der Waals surface area contributed by atoms with E-state index in [2.05, 4.69) is 0 Å². The summed E-state index contributed by atoms with van der Waals surface area (Å²) in [5, 5.41) is 10.3. The normalized spacial score (nSPS) is 16.6. The van der Waals surface area contributed by atoms with E-state index in [9.17, 15) is 5.11 Å². The van der Waals surface area contributed by atoms with Crippen LogP contribution in [0.1, 0.15) is 42.9 Å². The van der Waals surface area contributed by atoms with E-state index in [1.54, 1.807) is 6.07 Å². The molecular weight excluding hydrogens is 274 g/mol. The molecule has 0 saturated heterocycles. The molecule has 1 atom stereocenters. The maximum absolute atomic E-state index is 10.3. The second-order valence-electron chi connectivity index (χ2n) is 6.07. The second kappa shape index (κ2) is 6.84. The topological polar surface area (TPSA) is 55.5 Å². The standard InChI is InChI=1S/C19H23NO2/c20-19(15-8-4-5-9-15)17-11-10-16(12-18(17)21)22-13-14-6-2-1-3-7-14/h1-3,6-7,10-12,15,19,21H,4-5,8-9,13,20H2/t19-/m1/s1. The summed E-state index contributed by atoms with van der Waals surface area (Å²) in [6, 6.07) is 15.4. The molecule has 2 aromatic carbocycles. The monoisotopic (exact) mass is 297 g/mol. The fourth-order valence-corrected chi connectivity index (χ4v) is 3.21. The fraction of sp³-hybridized carbons (Fsp3) is 0.368. The predicted octanol–water partition coefficient (Wildman–Crippen LogP) is 4.16. The molecule has 1 saturated carbocycles. The number of rotatable bonds is 5. The van der Waals surface area contributed by atoms with E-state index in [1.165, 1.54) is 12.8 Å². The molecule has 0 radical (unpaired) electrons. The first kappa shape index (κ1) is 14.9. The van der Waals surface area contributed by atoms with Crippen LogP contribution in [0.5, 0.6) is 11.5 Å². The van der Waals surface area contributed by atoms with Crippen molar-refractivity contribution < 1.29 is 9.84 Å². The van der Waals surface area contributed by atoms with E-state index in [0.717, 1.165) is 24.0 Å². The minimum Gasteiger partial charge on any atom is -0.507 e. The van der Waals surface area contributed by atoms with Crippen molar-refractivity contribution in [2.45, 2.75) is 38.3 Å². The minimum atomic E-state index is -0.0781. The maximum Gasteiger partial charge on any atom is 0.124 e. The van der Waals surface area contributed by atoms with E-state index in [-0.39, 0.29) is 11.8 Å². The average Bonchev–Trinajstić information content (AvgIpc) is 3.08. The molecule has 3 N–H and O–H groups in total. The van der Waals surface area contributed by atoms with E-state index >= 15 is 0 Å². The van der Waals surface area contributed by atoms with Gasteiger partial charge in [0.05, 0.1) is 0 Å². The van der Waals surface area contributed by atoms with Crippen molar-refractivity contribution in [2.75, 3.05) is 0 Å². The van der Waals surface area contributed by atoms with Gasteiger partial charge in [0.15, 0.2) is 0 Å². The van der Waals surface area contributed by atoms with Crippen LogP contribution in [0.4, 0.5) is 0 Å². The molecule has 0 bridgehead atoms. The third-order valence-electron chi connectivity index (χ3n) is 4.52. The van der Waals surface area contributed by atoms with Crippen LogP contribution in [0.2, 0.25) is 0 Å². The highest BCUT2D eigenvalue weighted by Crippen LogP contribution is 2.38. The van der Waals surface area contributed by atoms with Gasteiger partial charge in [-0.2, -0.15) is 0 Å². The molecule has 0 heterocycles. The first-order chi connectivity index (χ1) is 10.7. The molecule has 3 heteroatoms. The maximum atomic E-state index is 10.3.